The number of fused-ring (bicyclic) bond motifs is 6. The molecule has 0 atom stereocenters. The molecule has 0 radical (unpaired) electrons. The predicted octanol–water partition coefficient (Wildman–Crippen LogP) is 22.1. The molecule has 0 saturated carbocycles. The Morgan fingerprint density at radius 1 is 0.256 bits per heavy atom. The van der Waals surface area contributed by atoms with Crippen LogP contribution in [0.5, 0.6) is 0 Å². The first-order valence-electron chi connectivity index (χ1n) is 30.3. The van der Waals surface area contributed by atoms with Crippen LogP contribution in [0.3, 0.4) is 0 Å². The molecule has 410 valence electrons. The van der Waals surface area contributed by atoms with Gasteiger partial charge in [0.25, 0.3) is 0 Å². The second kappa shape index (κ2) is 19.7. The van der Waals surface area contributed by atoms with E-state index in [9.17, 15) is 0 Å². The molecule has 0 amide bonds. The zero-order chi connectivity index (χ0) is 58.0. The first-order valence-corrected chi connectivity index (χ1v) is 30.3. The number of hydrogen-bond donors (Lipinski definition) is 0. The molecule has 2 nitrogen and oxygen atoms in total. The molecule has 0 fully saturated rings. The van der Waals surface area contributed by atoms with E-state index in [1.807, 2.05) is 0 Å². The summed E-state index contributed by atoms with van der Waals surface area (Å²) in [4.78, 5) is 5.15. The normalized spacial score (nSPS) is 13.4. The van der Waals surface area contributed by atoms with E-state index in [1.165, 1.54) is 144 Å². The third-order valence-corrected chi connectivity index (χ3v) is 19.5. The summed E-state index contributed by atoms with van der Waals surface area (Å²) in [6.45, 7) is 13.7. The molecule has 0 aliphatic heterocycles. The van der Waals surface area contributed by atoms with E-state index >= 15 is 0 Å². The Kier molecular flexibility index (Phi) is 11.7. The van der Waals surface area contributed by atoms with Crippen molar-refractivity contribution in [1.82, 2.24) is 0 Å². The molecule has 0 spiro atoms. The Morgan fingerprint density at radius 3 is 0.919 bits per heavy atom. The predicted molar refractivity (Wildman–Crippen MR) is 363 cm³/mol. The molecular formula is C84H64N2. The fraction of sp³-hybridized carbons (Fsp3) is 0.0952. The Labute approximate surface area is 504 Å². The zero-order valence-electron chi connectivity index (χ0n) is 49.5. The van der Waals surface area contributed by atoms with Crippen molar-refractivity contribution >= 4 is 66.4 Å². The highest BCUT2D eigenvalue weighted by Crippen LogP contribution is 2.61. The van der Waals surface area contributed by atoms with Crippen LogP contribution in [0.25, 0.3) is 54.6 Å². The lowest BCUT2D eigenvalue weighted by Gasteiger charge is -2.38. The minimum absolute atomic E-state index is 0.563. The molecule has 86 heavy (non-hydrogen) atoms. The van der Waals surface area contributed by atoms with Gasteiger partial charge < -0.3 is 9.80 Å². The fourth-order valence-corrected chi connectivity index (χ4v) is 15.9. The van der Waals surface area contributed by atoms with Crippen LogP contribution < -0.4 is 9.80 Å². The summed E-state index contributed by atoms with van der Waals surface area (Å²) >= 11 is 0. The lowest BCUT2D eigenvalue weighted by atomic mass is 9.66. The topological polar surface area (TPSA) is 6.48 Å². The summed E-state index contributed by atoms with van der Waals surface area (Å²) in [6.07, 6.45) is 0. The van der Waals surface area contributed by atoms with E-state index in [0.717, 1.165) is 22.7 Å². The molecule has 2 heteroatoms. The molecule has 0 heterocycles. The van der Waals surface area contributed by atoms with E-state index in [4.69, 9.17) is 0 Å². The summed E-state index contributed by atoms with van der Waals surface area (Å²) in [6, 6.07) is 106. The van der Waals surface area contributed by atoms with Gasteiger partial charge in [-0.1, -0.05) is 254 Å². The van der Waals surface area contributed by atoms with Gasteiger partial charge in [-0.15, -0.1) is 0 Å². The van der Waals surface area contributed by atoms with Crippen molar-refractivity contribution in [2.45, 2.75) is 52.4 Å². The summed E-state index contributed by atoms with van der Waals surface area (Å²) in [5.74, 6) is 0. The van der Waals surface area contributed by atoms with Crippen molar-refractivity contribution in [1.29, 1.82) is 0 Å². The Balaban J connectivity index is 0.939. The first kappa shape index (κ1) is 51.4. The van der Waals surface area contributed by atoms with Gasteiger partial charge in [0.1, 0.15) is 0 Å². The smallest absolute Gasteiger partial charge is 0.0716 e. The monoisotopic (exact) mass is 1100 g/mol. The number of aryl methyl sites for hydroxylation is 4. The van der Waals surface area contributed by atoms with E-state index in [2.05, 4.69) is 330 Å². The third-order valence-electron chi connectivity index (χ3n) is 19.5. The Hall–Kier alpha value is -10.3. The van der Waals surface area contributed by atoms with Crippen LogP contribution >= 0.6 is 0 Å². The highest BCUT2D eigenvalue weighted by atomic mass is 15.2. The van der Waals surface area contributed by atoms with Gasteiger partial charge in [0.2, 0.25) is 0 Å². The molecule has 16 rings (SSSR count). The number of rotatable bonds is 10. The molecule has 0 unspecified atom stereocenters. The zero-order valence-corrected chi connectivity index (χ0v) is 49.5. The number of hydrogen-bond acceptors (Lipinski definition) is 2. The Morgan fingerprint density at radius 2 is 0.570 bits per heavy atom. The minimum atomic E-state index is -0.563. The van der Waals surface area contributed by atoms with Gasteiger partial charge in [-0.05, 0) is 189 Å². The average Bonchev–Trinajstić information content (AvgIpc) is 1.57. The quantitative estimate of drug-likeness (QED) is 0.126. The molecule has 0 aromatic heterocycles. The van der Waals surface area contributed by atoms with Crippen LogP contribution in [-0.4, -0.2) is 0 Å². The van der Waals surface area contributed by atoms with Gasteiger partial charge in [-0.2, -0.15) is 0 Å². The molecule has 0 saturated heterocycles. The van der Waals surface area contributed by atoms with Crippen molar-refractivity contribution < 1.29 is 0 Å². The summed E-state index contributed by atoms with van der Waals surface area (Å²) in [5.41, 5.74) is 28.6. The highest BCUT2D eigenvalue weighted by molar-refractivity contribution is 6.28. The molecule has 0 bridgehead atoms. The summed E-state index contributed by atoms with van der Waals surface area (Å²) < 4.78 is 0. The van der Waals surface area contributed by atoms with Gasteiger partial charge in [0.15, 0.2) is 0 Å². The number of anilines is 6. The lowest BCUT2D eigenvalue weighted by molar-refractivity contribution is 0.760. The minimum Gasteiger partial charge on any atom is -0.309 e. The van der Waals surface area contributed by atoms with Gasteiger partial charge in [0, 0.05) is 22.1 Å². The van der Waals surface area contributed by atoms with Crippen LogP contribution in [-0.2, 0) is 10.8 Å². The van der Waals surface area contributed by atoms with Gasteiger partial charge >= 0.3 is 0 Å². The van der Waals surface area contributed by atoms with Gasteiger partial charge in [-0.3, -0.25) is 0 Å². The van der Waals surface area contributed by atoms with Crippen molar-refractivity contribution in [3.05, 3.63) is 357 Å². The van der Waals surface area contributed by atoms with E-state index in [1.54, 1.807) is 0 Å². The molecular weight excluding hydrogens is 1040 g/mol. The fourth-order valence-electron chi connectivity index (χ4n) is 15.9. The van der Waals surface area contributed by atoms with Crippen molar-refractivity contribution in [3.63, 3.8) is 0 Å². The second-order valence-corrected chi connectivity index (χ2v) is 24.2. The molecule has 14 aromatic rings. The Bertz CT molecular complexity index is 4590. The highest BCUT2D eigenvalue weighted by Gasteiger charge is 2.49. The SMILES string of the molecule is Cc1ccc(N(c2c(C)ccc(C3(c4ccccc4)c4ccccc4-c4ccccc43)c2C)c2ccc3ccc4c(N(c5ccc(C)cc5)c5c(C)ccc(C6(c7ccccc7)c7ccccc7-c7ccccc76)c5C)ccc5ccc2c3c54)cc1. The van der Waals surface area contributed by atoms with Crippen LogP contribution in [0.15, 0.2) is 279 Å². The van der Waals surface area contributed by atoms with Crippen LogP contribution in [0.1, 0.15) is 77.9 Å². The van der Waals surface area contributed by atoms with Crippen molar-refractivity contribution in [2.75, 3.05) is 9.80 Å². The molecule has 14 aromatic carbocycles. The standard InChI is InChI=1S/C84H64N2/c1-53-33-43-63(44-34-53)85(81-55(3)37-49-71(57(81)5)83(61-21-9-7-10-22-61)73-29-17-13-25-65(73)66-26-14-18-30-74(66)83)77-51-41-59-40-48-70-78(52-42-60-39-47-69(77)79(59)80(60)70)86(64-45-35-54(2)36-46-64)82-56(4)38-50-72(58(82)6)84(62-23-11-8-12-24-62)75-31-19-15-27-67(75)68-28-16-20-32-76(68)84/h7-52H,1-6H3. The molecule has 2 aliphatic carbocycles. The average molecular weight is 1100 g/mol. The second-order valence-electron chi connectivity index (χ2n) is 24.2. The molecule has 2 aliphatic rings. The number of nitrogens with zero attached hydrogens (tertiary/aromatic N) is 2. The van der Waals surface area contributed by atoms with Crippen LogP contribution in [0.2, 0.25) is 0 Å². The maximum absolute atomic E-state index is 2.57. The maximum Gasteiger partial charge on any atom is 0.0716 e. The van der Waals surface area contributed by atoms with Gasteiger partial charge in [0.05, 0.1) is 33.6 Å². The first-order chi connectivity index (χ1) is 42.2. The van der Waals surface area contributed by atoms with E-state index < -0.39 is 10.8 Å². The number of benzene rings is 14. The lowest BCUT2D eigenvalue weighted by Crippen LogP contribution is -2.30. The van der Waals surface area contributed by atoms with Gasteiger partial charge in [-0.25, -0.2) is 0 Å². The largest absolute Gasteiger partial charge is 0.309 e. The third kappa shape index (κ3) is 7.26. The van der Waals surface area contributed by atoms with Crippen molar-refractivity contribution in [2.24, 2.45) is 0 Å². The van der Waals surface area contributed by atoms with E-state index in [-0.39, 0.29) is 0 Å². The summed E-state index contributed by atoms with van der Waals surface area (Å²) in [5, 5.41) is 7.36. The van der Waals surface area contributed by atoms with Crippen LogP contribution in [0, 0.1) is 41.5 Å². The van der Waals surface area contributed by atoms with Crippen molar-refractivity contribution in [3.8, 4) is 22.3 Å². The van der Waals surface area contributed by atoms with Crippen LogP contribution in [0.4, 0.5) is 34.1 Å². The molecule has 0 N–H and O–H groups in total. The summed E-state index contributed by atoms with van der Waals surface area (Å²) in [7, 11) is 0. The van der Waals surface area contributed by atoms with E-state index in [0.29, 0.717) is 0 Å². The maximum atomic E-state index is 2.57.